The minimum absolute atomic E-state index is 0.0903. The molecule has 106 valence electrons. The average Bonchev–Trinajstić information content (AvgIpc) is 2.49. The Morgan fingerprint density at radius 3 is 2.40 bits per heavy atom. The lowest BCUT2D eigenvalue weighted by Gasteiger charge is -2.20. The van der Waals surface area contributed by atoms with Crippen LogP contribution in [0.4, 0.5) is 5.69 Å². The van der Waals surface area contributed by atoms with E-state index < -0.39 is 0 Å². The lowest BCUT2D eigenvalue weighted by molar-refractivity contribution is -0.0337. The molecule has 2 aromatic rings. The number of hydrogen-bond acceptors (Lipinski definition) is 3. The Hall–Kier alpha value is -1.36. The number of nitrogens with one attached hydrogen (secondary N) is 1. The van der Waals surface area contributed by atoms with Crippen LogP contribution in [0.15, 0.2) is 59.1 Å². The largest absolute Gasteiger partial charge is 0.376 e. The number of benzene rings is 2. The van der Waals surface area contributed by atoms with E-state index in [-0.39, 0.29) is 6.04 Å². The van der Waals surface area contributed by atoms with Gasteiger partial charge in [-0.25, -0.2) is 0 Å². The summed E-state index contributed by atoms with van der Waals surface area (Å²) in [7, 11) is 1.62. The highest BCUT2D eigenvalue weighted by molar-refractivity contribution is 9.10. The molecule has 0 radical (unpaired) electrons. The molecule has 0 bridgehead atoms. The van der Waals surface area contributed by atoms with E-state index in [2.05, 4.69) is 33.4 Å². The molecule has 0 fully saturated rings. The third-order valence-electron chi connectivity index (χ3n) is 2.87. The molecule has 0 amide bonds. The van der Waals surface area contributed by atoms with Gasteiger partial charge in [0.05, 0.1) is 12.6 Å². The van der Waals surface area contributed by atoms with Gasteiger partial charge in [-0.3, -0.25) is 0 Å². The van der Waals surface area contributed by atoms with E-state index in [0.717, 1.165) is 10.2 Å². The summed E-state index contributed by atoms with van der Waals surface area (Å²) in [6.45, 7) is 0.846. The molecule has 3 nitrogen and oxygen atoms in total. The molecular formula is C16H18BrNO2. The van der Waals surface area contributed by atoms with Crippen LogP contribution in [0.3, 0.4) is 0 Å². The molecule has 1 N–H and O–H groups in total. The van der Waals surface area contributed by atoms with Crippen LogP contribution in [0.25, 0.3) is 0 Å². The second-order valence-electron chi connectivity index (χ2n) is 4.39. The third kappa shape index (κ3) is 4.63. The fourth-order valence-corrected chi connectivity index (χ4v) is 2.17. The zero-order valence-electron chi connectivity index (χ0n) is 11.4. The molecule has 0 heterocycles. The lowest BCUT2D eigenvalue weighted by Crippen LogP contribution is -2.17. The normalized spacial score (nSPS) is 12.1. The maximum atomic E-state index is 5.50. The van der Waals surface area contributed by atoms with Gasteiger partial charge in [0.15, 0.2) is 0 Å². The molecule has 0 aromatic heterocycles. The monoisotopic (exact) mass is 335 g/mol. The minimum atomic E-state index is 0.0903. The van der Waals surface area contributed by atoms with Crippen molar-refractivity contribution in [2.75, 3.05) is 25.8 Å². The smallest absolute Gasteiger partial charge is 0.146 e. The maximum Gasteiger partial charge on any atom is 0.146 e. The van der Waals surface area contributed by atoms with Crippen molar-refractivity contribution in [3.8, 4) is 0 Å². The summed E-state index contributed by atoms with van der Waals surface area (Å²) in [6.07, 6.45) is 0. The summed E-state index contributed by atoms with van der Waals surface area (Å²) in [5, 5.41) is 3.48. The highest BCUT2D eigenvalue weighted by Crippen LogP contribution is 2.21. The molecule has 0 spiro atoms. The van der Waals surface area contributed by atoms with E-state index in [1.165, 1.54) is 5.56 Å². The maximum absolute atomic E-state index is 5.50. The molecule has 4 heteroatoms. The number of rotatable bonds is 7. The quantitative estimate of drug-likeness (QED) is 0.606. The Morgan fingerprint density at radius 1 is 1.05 bits per heavy atom. The Bertz CT molecular complexity index is 502. The van der Waals surface area contributed by atoms with Crippen LogP contribution in [-0.2, 0) is 9.47 Å². The second kappa shape index (κ2) is 8.04. The van der Waals surface area contributed by atoms with Crippen molar-refractivity contribution >= 4 is 21.6 Å². The van der Waals surface area contributed by atoms with E-state index in [1.807, 2.05) is 42.5 Å². The zero-order valence-corrected chi connectivity index (χ0v) is 13.0. The minimum Gasteiger partial charge on any atom is -0.376 e. The van der Waals surface area contributed by atoms with Crippen molar-refractivity contribution in [2.45, 2.75) is 6.04 Å². The predicted molar refractivity (Wildman–Crippen MR) is 84.8 cm³/mol. The van der Waals surface area contributed by atoms with Gasteiger partial charge in [-0.2, -0.15) is 0 Å². The average molecular weight is 336 g/mol. The molecule has 0 saturated heterocycles. The highest BCUT2D eigenvalue weighted by atomic mass is 79.9. The molecule has 0 aliphatic carbocycles. The van der Waals surface area contributed by atoms with Crippen molar-refractivity contribution in [3.63, 3.8) is 0 Å². The second-order valence-corrected chi connectivity index (χ2v) is 5.31. The predicted octanol–water partition coefficient (Wildman–Crippen LogP) is 4.22. The van der Waals surface area contributed by atoms with Crippen LogP contribution in [0.1, 0.15) is 11.6 Å². The van der Waals surface area contributed by atoms with E-state index in [9.17, 15) is 0 Å². The molecule has 0 saturated carbocycles. The number of anilines is 1. The Balaban J connectivity index is 2.07. The molecule has 1 atom stereocenters. The van der Waals surface area contributed by atoms with Crippen molar-refractivity contribution in [2.24, 2.45) is 0 Å². The first-order chi connectivity index (χ1) is 9.79. The zero-order chi connectivity index (χ0) is 14.2. The van der Waals surface area contributed by atoms with Gasteiger partial charge in [0, 0.05) is 17.3 Å². The standard InChI is InChI=1S/C16H18BrNO2/c1-19-12-20-11-16(13-5-3-2-4-6-13)18-15-9-7-14(17)8-10-15/h2-10,16,18H,11-12H2,1H3. The SMILES string of the molecule is COCOCC(Nc1ccc(Br)cc1)c1ccccc1. The van der Waals surface area contributed by atoms with Gasteiger partial charge in [0.1, 0.15) is 6.79 Å². The third-order valence-corrected chi connectivity index (χ3v) is 3.40. The molecule has 2 aromatic carbocycles. The molecular weight excluding hydrogens is 318 g/mol. The van der Waals surface area contributed by atoms with Gasteiger partial charge in [0.2, 0.25) is 0 Å². The van der Waals surface area contributed by atoms with Crippen molar-refractivity contribution in [3.05, 3.63) is 64.6 Å². The van der Waals surface area contributed by atoms with E-state index >= 15 is 0 Å². The summed E-state index contributed by atoms with van der Waals surface area (Å²) < 4.78 is 11.5. The molecule has 0 aliphatic heterocycles. The van der Waals surface area contributed by atoms with Gasteiger partial charge in [-0.15, -0.1) is 0 Å². The summed E-state index contributed by atoms with van der Waals surface area (Å²) in [5.41, 5.74) is 2.24. The van der Waals surface area contributed by atoms with E-state index in [4.69, 9.17) is 9.47 Å². The fraction of sp³-hybridized carbons (Fsp3) is 0.250. The number of methoxy groups -OCH3 is 1. The summed E-state index contributed by atoms with van der Waals surface area (Å²) in [4.78, 5) is 0. The fourth-order valence-electron chi connectivity index (χ4n) is 1.90. The first-order valence-corrected chi connectivity index (χ1v) is 7.22. The van der Waals surface area contributed by atoms with Gasteiger partial charge < -0.3 is 14.8 Å². The van der Waals surface area contributed by atoms with Gasteiger partial charge in [-0.1, -0.05) is 46.3 Å². The highest BCUT2D eigenvalue weighted by Gasteiger charge is 2.11. The topological polar surface area (TPSA) is 30.5 Å². The summed E-state index contributed by atoms with van der Waals surface area (Å²) in [5.74, 6) is 0. The number of hydrogen-bond donors (Lipinski definition) is 1. The van der Waals surface area contributed by atoms with Crippen LogP contribution in [-0.4, -0.2) is 20.5 Å². The first kappa shape index (κ1) is 15.0. The van der Waals surface area contributed by atoms with Crippen molar-refractivity contribution < 1.29 is 9.47 Å². The van der Waals surface area contributed by atoms with Crippen LogP contribution in [0.5, 0.6) is 0 Å². The first-order valence-electron chi connectivity index (χ1n) is 6.43. The van der Waals surface area contributed by atoms with Crippen LogP contribution >= 0.6 is 15.9 Å². The van der Waals surface area contributed by atoms with Gasteiger partial charge in [-0.05, 0) is 29.8 Å². The Labute approximate surface area is 128 Å². The van der Waals surface area contributed by atoms with Gasteiger partial charge in [0.25, 0.3) is 0 Å². The number of halogens is 1. The Kier molecular flexibility index (Phi) is 6.05. The molecule has 20 heavy (non-hydrogen) atoms. The van der Waals surface area contributed by atoms with E-state index in [1.54, 1.807) is 7.11 Å². The summed E-state index contributed by atoms with van der Waals surface area (Å²) >= 11 is 3.44. The van der Waals surface area contributed by atoms with Crippen LogP contribution in [0.2, 0.25) is 0 Å². The molecule has 0 aliphatic rings. The van der Waals surface area contributed by atoms with Crippen molar-refractivity contribution in [1.29, 1.82) is 0 Å². The molecule has 2 rings (SSSR count). The number of ether oxygens (including phenoxy) is 2. The van der Waals surface area contributed by atoms with Gasteiger partial charge >= 0.3 is 0 Å². The Morgan fingerprint density at radius 2 is 1.75 bits per heavy atom. The van der Waals surface area contributed by atoms with Crippen molar-refractivity contribution in [1.82, 2.24) is 0 Å². The van der Waals surface area contributed by atoms with Crippen LogP contribution < -0.4 is 5.32 Å². The van der Waals surface area contributed by atoms with E-state index in [0.29, 0.717) is 13.4 Å². The lowest BCUT2D eigenvalue weighted by atomic mass is 10.1. The van der Waals surface area contributed by atoms with Crippen LogP contribution in [0, 0.1) is 0 Å². The molecule has 1 unspecified atom stereocenters. The summed E-state index contributed by atoms with van der Waals surface area (Å²) in [6, 6.07) is 18.4.